The number of hydrogen-bond acceptors (Lipinski definition) is 6. The van der Waals surface area contributed by atoms with Crippen molar-refractivity contribution in [2.45, 2.75) is 50.6 Å². The Bertz CT molecular complexity index is 1790. The lowest BCUT2D eigenvalue weighted by Gasteiger charge is -2.27. The van der Waals surface area contributed by atoms with Crippen LogP contribution in [0, 0.1) is 5.82 Å². The standard InChI is InChI=1S/C34H38FN5O3/c1-38-17-5-8-22(38)13-15-36-29-27(35)19-25-30-33(29)43-32-24-10-4-3-7-21(24)11-12-28(32)40(30)20-26(31(25)41)34(42)37-16-14-23-9-6-18-39(23)2/h3-4,7,10-12,19-20,22-23,36H,5-6,8-9,13-18H2,1-2H3,(H,37,42). The molecule has 2 fully saturated rings. The van der Waals surface area contributed by atoms with Gasteiger partial charge in [0.25, 0.3) is 5.91 Å². The van der Waals surface area contributed by atoms with Gasteiger partial charge in [0.15, 0.2) is 17.3 Å². The van der Waals surface area contributed by atoms with Crippen molar-refractivity contribution in [3.8, 4) is 17.2 Å². The molecule has 43 heavy (non-hydrogen) atoms. The number of carbonyl (C=O) groups is 1. The molecule has 0 saturated carbocycles. The number of nitrogens with one attached hydrogen (secondary N) is 2. The van der Waals surface area contributed by atoms with Crippen molar-refractivity contribution in [1.29, 1.82) is 0 Å². The number of nitrogens with zero attached hydrogens (tertiary/aromatic N) is 3. The molecule has 3 aliphatic rings. The fourth-order valence-electron chi connectivity index (χ4n) is 7.17. The van der Waals surface area contributed by atoms with Crippen LogP contribution in [0.15, 0.2) is 53.5 Å². The second-order valence-electron chi connectivity index (χ2n) is 12.3. The maximum Gasteiger partial charge on any atom is 0.256 e. The van der Waals surface area contributed by atoms with E-state index in [2.05, 4.69) is 34.5 Å². The molecule has 4 heterocycles. The maximum atomic E-state index is 15.9. The predicted octanol–water partition coefficient (Wildman–Crippen LogP) is 5.50. The number of amides is 1. The zero-order chi connectivity index (χ0) is 29.7. The molecule has 3 aliphatic heterocycles. The van der Waals surface area contributed by atoms with Gasteiger partial charge in [0.2, 0.25) is 5.43 Å². The van der Waals surface area contributed by atoms with E-state index in [9.17, 15) is 9.59 Å². The zero-order valence-electron chi connectivity index (χ0n) is 24.8. The molecule has 2 unspecified atom stereocenters. The van der Waals surface area contributed by atoms with Crippen molar-refractivity contribution in [2.24, 2.45) is 0 Å². The lowest BCUT2D eigenvalue weighted by Crippen LogP contribution is -2.34. The lowest BCUT2D eigenvalue weighted by atomic mass is 10.0. The molecule has 4 aromatic rings. The van der Waals surface area contributed by atoms with Crippen LogP contribution in [-0.4, -0.2) is 72.6 Å². The van der Waals surface area contributed by atoms with Crippen molar-refractivity contribution in [2.75, 3.05) is 45.6 Å². The van der Waals surface area contributed by atoms with E-state index in [4.69, 9.17) is 4.74 Å². The Balaban J connectivity index is 1.30. The minimum atomic E-state index is -0.573. The van der Waals surface area contributed by atoms with Gasteiger partial charge in [0, 0.05) is 36.8 Å². The number of halogens is 1. The second-order valence-corrected chi connectivity index (χ2v) is 12.3. The topological polar surface area (TPSA) is 78.8 Å². The summed E-state index contributed by atoms with van der Waals surface area (Å²) in [5.74, 6) is -0.186. The maximum absolute atomic E-state index is 15.9. The summed E-state index contributed by atoms with van der Waals surface area (Å²) >= 11 is 0. The van der Waals surface area contributed by atoms with Gasteiger partial charge in [-0.25, -0.2) is 4.39 Å². The number of anilines is 1. The summed E-state index contributed by atoms with van der Waals surface area (Å²) in [6.07, 6.45) is 7.84. The largest absolute Gasteiger partial charge is 0.450 e. The van der Waals surface area contributed by atoms with Crippen LogP contribution < -0.4 is 20.8 Å². The van der Waals surface area contributed by atoms with E-state index in [1.165, 1.54) is 12.5 Å². The molecule has 2 saturated heterocycles. The number of ether oxygens (including phenoxy) is 1. The smallest absolute Gasteiger partial charge is 0.256 e. The monoisotopic (exact) mass is 583 g/mol. The van der Waals surface area contributed by atoms with E-state index < -0.39 is 17.2 Å². The number of fused-ring (bicyclic) bond motifs is 4. The molecule has 3 aromatic carbocycles. The van der Waals surface area contributed by atoms with E-state index in [-0.39, 0.29) is 22.4 Å². The minimum absolute atomic E-state index is 0.0105. The predicted molar refractivity (Wildman–Crippen MR) is 168 cm³/mol. The van der Waals surface area contributed by atoms with Crippen molar-refractivity contribution < 1.29 is 13.9 Å². The Morgan fingerprint density at radius 1 is 0.953 bits per heavy atom. The number of benzene rings is 3. The van der Waals surface area contributed by atoms with Crippen LogP contribution in [0.4, 0.5) is 10.1 Å². The first-order valence-electron chi connectivity index (χ1n) is 15.4. The number of rotatable bonds is 8. The summed E-state index contributed by atoms with van der Waals surface area (Å²) in [5, 5.41) is 8.22. The molecule has 0 radical (unpaired) electrons. The molecule has 2 atom stereocenters. The Kier molecular flexibility index (Phi) is 7.31. The van der Waals surface area contributed by atoms with Crippen LogP contribution in [0.1, 0.15) is 48.9 Å². The summed E-state index contributed by atoms with van der Waals surface area (Å²) in [6, 6.07) is 13.9. The van der Waals surface area contributed by atoms with E-state index in [0.717, 1.165) is 56.0 Å². The fourth-order valence-corrected chi connectivity index (χ4v) is 7.17. The number of carbonyl (C=O) groups excluding carboxylic acids is 1. The highest BCUT2D eigenvalue weighted by atomic mass is 19.1. The molecule has 1 amide bonds. The molecule has 0 bridgehead atoms. The van der Waals surface area contributed by atoms with Gasteiger partial charge in [-0.05, 0) is 83.2 Å². The van der Waals surface area contributed by atoms with Gasteiger partial charge >= 0.3 is 0 Å². The summed E-state index contributed by atoms with van der Waals surface area (Å²) in [7, 11) is 4.23. The molecule has 0 spiro atoms. The third kappa shape index (κ3) is 4.94. The van der Waals surface area contributed by atoms with Crippen molar-refractivity contribution in [3.05, 3.63) is 70.3 Å². The molecule has 224 valence electrons. The van der Waals surface area contributed by atoms with E-state index in [0.29, 0.717) is 42.1 Å². The van der Waals surface area contributed by atoms with Crippen molar-refractivity contribution >= 4 is 33.3 Å². The van der Waals surface area contributed by atoms with Gasteiger partial charge in [-0.2, -0.15) is 0 Å². The van der Waals surface area contributed by atoms with Crippen LogP contribution in [0.5, 0.6) is 11.5 Å². The zero-order valence-corrected chi connectivity index (χ0v) is 24.8. The van der Waals surface area contributed by atoms with E-state index in [1.807, 2.05) is 41.0 Å². The SMILES string of the molecule is CN1CCCC1CCNC(=O)c1cn2c3c(c(NCCC4CCCN4C)c(F)cc3c1=O)Oc1c-2ccc2ccccc12. The highest BCUT2D eigenvalue weighted by Gasteiger charge is 2.30. The van der Waals surface area contributed by atoms with Gasteiger partial charge in [0.1, 0.15) is 16.8 Å². The number of aromatic nitrogens is 1. The highest BCUT2D eigenvalue weighted by Crippen LogP contribution is 2.47. The van der Waals surface area contributed by atoms with Gasteiger partial charge in [-0.1, -0.05) is 30.3 Å². The summed E-state index contributed by atoms with van der Waals surface area (Å²) in [6.45, 7) is 3.17. The quantitative estimate of drug-likeness (QED) is 0.251. The Hall–Kier alpha value is -3.95. The van der Waals surface area contributed by atoms with Crippen LogP contribution in [0.25, 0.3) is 27.4 Å². The van der Waals surface area contributed by atoms with Gasteiger partial charge in [-0.3, -0.25) is 9.59 Å². The van der Waals surface area contributed by atoms with Crippen LogP contribution >= 0.6 is 0 Å². The molecule has 1 aromatic heterocycles. The molecule has 7 rings (SSSR count). The van der Waals surface area contributed by atoms with Gasteiger partial charge in [0.05, 0.1) is 11.1 Å². The number of pyridine rings is 1. The number of hydrogen-bond donors (Lipinski definition) is 2. The fraction of sp³-hybridized carbons (Fsp3) is 0.412. The lowest BCUT2D eigenvalue weighted by molar-refractivity contribution is 0.0949. The van der Waals surface area contributed by atoms with Crippen LogP contribution in [-0.2, 0) is 0 Å². The number of likely N-dealkylation sites (tertiary alicyclic amines) is 2. The summed E-state index contributed by atoms with van der Waals surface area (Å²) in [5.41, 5.74) is 0.872. The third-order valence-electron chi connectivity index (χ3n) is 9.65. The van der Waals surface area contributed by atoms with Crippen LogP contribution in [0.2, 0.25) is 0 Å². The first-order valence-corrected chi connectivity index (χ1v) is 15.4. The van der Waals surface area contributed by atoms with Crippen molar-refractivity contribution in [3.63, 3.8) is 0 Å². The first-order chi connectivity index (χ1) is 20.9. The normalized spacial score (nSPS) is 20.0. The minimum Gasteiger partial charge on any atom is -0.450 e. The van der Waals surface area contributed by atoms with Gasteiger partial charge in [-0.15, -0.1) is 0 Å². The average Bonchev–Trinajstić information content (AvgIpc) is 3.62. The second kappa shape index (κ2) is 11.3. The molecule has 8 nitrogen and oxygen atoms in total. The molecule has 9 heteroatoms. The van der Waals surface area contributed by atoms with Crippen molar-refractivity contribution in [1.82, 2.24) is 19.7 Å². The summed E-state index contributed by atoms with van der Waals surface area (Å²) < 4.78 is 24.3. The average molecular weight is 584 g/mol. The van der Waals surface area contributed by atoms with E-state index >= 15 is 4.39 Å². The van der Waals surface area contributed by atoms with E-state index in [1.54, 1.807) is 6.20 Å². The summed E-state index contributed by atoms with van der Waals surface area (Å²) in [4.78, 5) is 31.8. The Morgan fingerprint density at radius 3 is 2.40 bits per heavy atom. The van der Waals surface area contributed by atoms with Gasteiger partial charge < -0.3 is 29.7 Å². The molecular weight excluding hydrogens is 545 g/mol. The molecule has 2 N–H and O–H groups in total. The Labute approximate surface area is 250 Å². The first kappa shape index (κ1) is 27.9. The van der Waals surface area contributed by atoms with Crippen LogP contribution in [0.3, 0.4) is 0 Å². The third-order valence-corrected chi connectivity index (χ3v) is 9.65. The molecular formula is C34H38FN5O3. The Morgan fingerprint density at radius 2 is 1.67 bits per heavy atom. The molecule has 0 aliphatic carbocycles. The highest BCUT2D eigenvalue weighted by molar-refractivity contribution is 6.03.